The lowest BCUT2D eigenvalue weighted by molar-refractivity contribution is -0.137. The number of allylic oxidation sites excluding steroid dienone is 6. The van der Waals surface area contributed by atoms with Crippen molar-refractivity contribution in [2.45, 2.75) is 70.8 Å². The monoisotopic (exact) mass is 320 g/mol. The van der Waals surface area contributed by atoms with Gasteiger partial charge in [-0.3, -0.25) is 4.79 Å². The summed E-state index contributed by atoms with van der Waals surface area (Å²) in [5, 5.41) is 18.3. The maximum atomic E-state index is 10.3. The van der Waals surface area contributed by atoms with Gasteiger partial charge in [0.25, 0.3) is 0 Å². The van der Waals surface area contributed by atoms with E-state index in [-0.39, 0.29) is 6.42 Å². The molecule has 3 heteroatoms. The Morgan fingerprint density at radius 3 is 2.43 bits per heavy atom. The van der Waals surface area contributed by atoms with E-state index in [1.807, 2.05) is 42.5 Å². The Morgan fingerprint density at radius 1 is 0.957 bits per heavy atom. The molecule has 0 aromatic heterocycles. The fraction of sp³-hybridized carbons (Fsp3) is 0.550. The van der Waals surface area contributed by atoms with Gasteiger partial charge in [0.05, 0.1) is 6.10 Å². The van der Waals surface area contributed by atoms with Crippen molar-refractivity contribution >= 4 is 5.97 Å². The second-order valence-electron chi connectivity index (χ2n) is 5.58. The fourth-order valence-electron chi connectivity index (χ4n) is 1.95. The molecule has 23 heavy (non-hydrogen) atoms. The van der Waals surface area contributed by atoms with Crippen LogP contribution in [-0.4, -0.2) is 22.3 Å². The number of carbonyl (C=O) groups is 1. The molecule has 0 heterocycles. The highest BCUT2D eigenvalue weighted by Crippen LogP contribution is 2.02. The molecule has 0 aromatic carbocycles. The molecule has 1 atom stereocenters. The number of unbranched alkanes of at least 4 members (excludes halogenated alkanes) is 4. The van der Waals surface area contributed by atoms with Crippen LogP contribution in [0.3, 0.4) is 0 Å². The third kappa shape index (κ3) is 18.3. The van der Waals surface area contributed by atoms with Crippen molar-refractivity contribution in [3.05, 3.63) is 48.6 Å². The molecule has 0 rings (SSSR count). The highest BCUT2D eigenvalue weighted by atomic mass is 16.4. The molecule has 3 nitrogen and oxygen atoms in total. The lowest BCUT2D eigenvalue weighted by Crippen LogP contribution is -1.98. The van der Waals surface area contributed by atoms with E-state index in [0.29, 0.717) is 12.8 Å². The Kier molecular flexibility index (Phi) is 15.6. The lowest BCUT2D eigenvalue weighted by atomic mass is 10.2. The number of hydrogen-bond donors (Lipinski definition) is 2. The highest BCUT2D eigenvalue weighted by Gasteiger charge is 1.93. The average molecular weight is 320 g/mol. The SMILES string of the molecule is CCCCC/C=C/C=C/[C@H](O)C/C=C/C/C=C\CCCC(=O)O. The number of aliphatic hydroxyl groups excluding tert-OH is 1. The summed E-state index contributed by atoms with van der Waals surface area (Å²) in [6.07, 6.45) is 23.5. The zero-order chi connectivity index (χ0) is 17.2. The van der Waals surface area contributed by atoms with Crippen LogP contribution in [0.25, 0.3) is 0 Å². The fourth-order valence-corrected chi connectivity index (χ4v) is 1.95. The van der Waals surface area contributed by atoms with Gasteiger partial charge in [-0.25, -0.2) is 0 Å². The molecule has 0 aliphatic heterocycles. The van der Waals surface area contributed by atoms with Gasteiger partial charge in [-0.2, -0.15) is 0 Å². The van der Waals surface area contributed by atoms with Gasteiger partial charge in [-0.05, 0) is 38.5 Å². The average Bonchev–Trinajstić information content (AvgIpc) is 2.52. The number of aliphatic carboxylic acids is 1. The summed E-state index contributed by atoms with van der Waals surface area (Å²) in [7, 11) is 0. The Balaban J connectivity index is 3.61. The van der Waals surface area contributed by atoms with Crippen molar-refractivity contribution in [1.82, 2.24) is 0 Å². The maximum Gasteiger partial charge on any atom is 0.303 e. The van der Waals surface area contributed by atoms with Crippen LogP contribution in [0.15, 0.2) is 48.6 Å². The highest BCUT2D eigenvalue weighted by molar-refractivity contribution is 5.66. The molecule has 0 bridgehead atoms. The van der Waals surface area contributed by atoms with Crippen LogP contribution in [-0.2, 0) is 4.79 Å². The Bertz CT molecular complexity index is 392. The van der Waals surface area contributed by atoms with Crippen LogP contribution in [0, 0.1) is 0 Å². The summed E-state index contributed by atoms with van der Waals surface area (Å²) >= 11 is 0. The first kappa shape index (κ1) is 21.4. The smallest absolute Gasteiger partial charge is 0.303 e. The summed E-state index contributed by atoms with van der Waals surface area (Å²) in [5.74, 6) is -0.740. The molecule has 0 aromatic rings. The number of hydrogen-bond acceptors (Lipinski definition) is 2. The topological polar surface area (TPSA) is 57.5 Å². The molecule has 0 radical (unpaired) electrons. The normalized spacial score (nSPS) is 13.8. The zero-order valence-corrected chi connectivity index (χ0v) is 14.4. The molecule has 0 amide bonds. The lowest BCUT2D eigenvalue weighted by Gasteiger charge is -1.98. The molecule has 0 spiro atoms. The minimum atomic E-state index is -0.740. The van der Waals surface area contributed by atoms with E-state index in [0.717, 1.165) is 19.3 Å². The maximum absolute atomic E-state index is 10.3. The molecule has 0 aliphatic carbocycles. The minimum Gasteiger partial charge on any atom is -0.481 e. The Hall–Kier alpha value is -1.61. The standard InChI is InChI=1S/C20H32O3/c1-2-3-4-5-7-10-13-16-19(21)17-14-11-8-6-9-12-15-18-20(22)23/h6-7,9-11,13-14,16,19,21H,2-5,8,12,15,17-18H2,1H3,(H,22,23)/b9-6-,10-7+,14-11+,16-13+/t19-/m0/s1. The predicted molar refractivity (Wildman–Crippen MR) is 97.4 cm³/mol. The summed E-state index contributed by atoms with van der Waals surface area (Å²) in [5.41, 5.74) is 0. The number of carboxylic acids is 1. The van der Waals surface area contributed by atoms with Crippen LogP contribution >= 0.6 is 0 Å². The first-order valence-corrected chi connectivity index (χ1v) is 8.70. The van der Waals surface area contributed by atoms with Crippen molar-refractivity contribution in [3.8, 4) is 0 Å². The van der Waals surface area contributed by atoms with Crippen molar-refractivity contribution in [2.75, 3.05) is 0 Å². The van der Waals surface area contributed by atoms with Gasteiger partial charge in [0.15, 0.2) is 0 Å². The molecule has 0 unspecified atom stereocenters. The van der Waals surface area contributed by atoms with Crippen molar-refractivity contribution in [3.63, 3.8) is 0 Å². The van der Waals surface area contributed by atoms with E-state index in [2.05, 4.69) is 13.0 Å². The van der Waals surface area contributed by atoms with Gasteiger partial charge in [-0.15, -0.1) is 0 Å². The Labute approximate surface area is 141 Å². The van der Waals surface area contributed by atoms with E-state index in [4.69, 9.17) is 5.11 Å². The van der Waals surface area contributed by atoms with Crippen LogP contribution < -0.4 is 0 Å². The largest absolute Gasteiger partial charge is 0.481 e. The quantitative estimate of drug-likeness (QED) is 0.263. The third-order valence-corrected chi connectivity index (χ3v) is 3.30. The van der Waals surface area contributed by atoms with E-state index in [9.17, 15) is 9.90 Å². The zero-order valence-electron chi connectivity index (χ0n) is 14.4. The van der Waals surface area contributed by atoms with Crippen LogP contribution in [0.2, 0.25) is 0 Å². The summed E-state index contributed by atoms with van der Waals surface area (Å²) in [6, 6.07) is 0. The molecule has 0 aliphatic rings. The molecule has 130 valence electrons. The third-order valence-electron chi connectivity index (χ3n) is 3.30. The predicted octanol–water partition coefficient (Wildman–Crippen LogP) is 5.19. The van der Waals surface area contributed by atoms with Crippen LogP contribution in [0.4, 0.5) is 0 Å². The first-order chi connectivity index (χ1) is 11.2. The van der Waals surface area contributed by atoms with Gasteiger partial charge < -0.3 is 10.2 Å². The van der Waals surface area contributed by atoms with Crippen molar-refractivity contribution in [2.24, 2.45) is 0 Å². The second kappa shape index (κ2) is 16.8. The van der Waals surface area contributed by atoms with Gasteiger partial charge in [0.1, 0.15) is 0 Å². The van der Waals surface area contributed by atoms with E-state index in [1.54, 1.807) is 0 Å². The van der Waals surface area contributed by atoms with Gasteiger partial charge in [0.2, 0.25) is 0 Å². The molecule has 0 fully saturated rings. The van der Waals surface area contributed by atoms with Gasteiger partial charge in [-0.1, -0.05) is 68.4 Å². The minimum absolute atomic E-state index is 0.228. The van der Waals surface area contributed by atoms with Crippen molar-refractivity contribution < 1.29 is 15.0 Å². The van der Waals surface area contributed by atoms with Crippen LogP contribution in [0.5, 0.6) is 0 Å². The first-order valence-electron chi connectivity index (χ1n) is 8.70. The Morgan fingerprint density at radius 2 is 1.70 bits per heavy atom. The summed E-state index contributed by atoms with van der Waals surface area (Å²) in [4.78, 5) is 10.3. The molecule has 0 saturated heterocycles. The summed E-state index contributed by atoms with van der Waals surface area (Å²) < 4.78 is 0. The second-order valence-corrected chi connectivity index (χ2v) is 5.58. The molecule has 2 N–H and O–H groups in total. The van der Waals surface area contributed by atoms with Gasteiger partial charge in [0, 0.05) is 6.42 Å². The number of rotatable bonds is 14. The van der Waals surface area contributed by atoms with Gasteiger partial charge >= 0.3 is 5.97 Å². The molecule has 0 saturated carbocycles. The number of carboxylic acid groups (broad SMARTS) is 1. The van der Waals surface area contributed by atoms with E-state index >= 15 is 0 Å². The van der Waals surface area contributed by atoms with E-state index < -0.39 is 12.1 Å². The van der Waals surface area contributed by atoms with E-state index in [1.165, 1.54) is 19.3 Å². The molecular formula is C20H32O3. The van der Waals surface area contributed by atoms with Crippen molar-refractivity contribution in [1.29, 1.82) is 0 Å². The van der Waals surface area contributed by atoms with Crippen LogP contribution in [0.1, 0.15) is 64.7 Å². The number of aliphatic hydroxyl groups is 1. The molecular weight excluding hydrogens is 288 g/mol. The summed E-state index contributed by atoms with van der Waals surface area (Å²) in [6.45, 7) is 2.20.